The summed E-state index contributed by atoms with van der Waals surface area (Å²) in [5, 5.41) is 6.16. The standard InChI is InChI=1S/C18H29N3O.2ClH/c1-18(2,14-20-17(22)9-6-11-19-3)21-12-10-15-7-4-5-8-16(15)13-21;;/h4-5,7-8,19H,6,9-14H2,1-3H3,(H,20,22);2*1H. The van der Waals surface area contributed by atoms with Gasteiger partial charge >= 0.3 is 0 Å². The molecule has 4 nitrogen and oxygen atoms in total. The quantitative estimate of drug-likeness (QED) is 0.720. The van der Waals surface area contributed by atoms with Crippen LogP contribution >= 0.6 is 24.8 Å². The van der Waals surface area contributed by atoms with Gasteiger partial charge in [0.05, 0.1) is 0 Å². The first-order valence-electron chi connectivity index (χ1n) is 8.26. The molecule has 0 fully saturated rings. The summed E-state index contributed by atoms with van der Waals surface area (Å²) in [6.45, 7) is 8.05. The molecule has 0 unspecified atom stereocenters. The SMILES string of the molecule is CNCCCC(=O)NCC(C)(C)N1CCc2ccccc2C1.Cl.Cl. The van der Waals surface area contributed by atoms with Crippen molar-refractivity contribution in [3.05, 3.63) is 35.4 Å². The van der Waals surface area contributed by atoms with Gasteiger partial charge in [0.25, 0.3) is 0 Å². The minimum atomic E-state index is -0.0216. The average molecular weight is 376 g/mol. The second kappa shape index (κ2) is 10.9. The van der Waals surface area contributed by atoms with E-state index in [2.05, 4.69) is 53.6 Å². The van der Waals surface area contributed by atoms with Crippen LogP contribution in [0.25, 0.3) is 0 Å². The number of benzene rings is 1. The molecule has 24 heavy (non-hydrogen) atoms. The molecule has 0 radical (unpaired) electrons. The minimum absolute atomic E-state index is 0. The van der Waals surface area contributed by atoms with Crippen LogP contribution in [-0.4, -0.2) is 43.0 Å². The number of nitrogens with zero attached hydrogens (tertiary/aromatic N) is 1. The third-order valence-electron chi connectivity index (χ3n) is 4.54. The lowest BCUT2D eigenvalue weighted by Crippen LogP contribution is -2.53. The molecule has 0 saturated carbocycles. The zero-order valence-corrected chi connectivity index (χ0v) is 16.6. The Bertz CT molecular complexity index is 509. The summed E-state index contributed by atoms with van der Waals surface area (Å²) in [5.41, 5.74) is 2.86. The molecule has 0 aliphatic carbocycles. The highest BCUT2D eigenvalue weighted by Crippen LogP contribution is 2.24. The molecule has 1 aliphatic rings. The lowest BCUT2D eigenvalue weighted by Gasteiger charge is -2.41. The first-order chi connectivity index (χ1) is 10.5. The molecule has 1 amide bonds. The van der Waals surface area contributed by atoms with Gasteiger partial charge in [0.2, 0.25) is 5.91 Å². The number of hydrogen-bond donors (Lipinski definition) is 2. The Morgan fingerprint density at radius 3 is 2.54 bits per heavy atom. The third-order valence-corrected chi connectivity index (χ3v) is 4.54. The Kier molecular flexibility index (Phi) is 10.6. The van der Waals surface area contributed by atoms with Crippen LogP contribution in [0.2, 0.25) is 0 Å². The molecule has 2 rings (SSSR count). The monoisotopic (exact) mass is 375 g/mol. The van der Waals surface area contributed by atoms with Crippen LogP contribution in [0.3, 0.4) is 0 Å². The second-order valence-corrected chi connectivity index (χ2v) is 6.74. The van der Waals surface area contributed by atoms with Crippen molar-refractivity contribution in [3.63, 3.8) is 0 Å². The van der Waals surface area contributed by atoms with Crippen molar-refractivity contribution < 1.29 is 4.79 Å². The molecule has 1 aromatic carbocycles. The van der Waals surface area contributed by atoms with Gasteiger partial charge in [0.15, 0.2) is 0 Å². The molecule has 0 bridgehead atoms. The predicted molar refractivity (Wildman–Crippen MR) is 105 cm³/mol. The lowest BCUT2D eigenvalue weighted by atomic mass is 9.94. The number of fused-ring (bicyclic) bond motifs is 1. The van der Waals surface area contributed by atoms with E-state index in [-0.39, 0.29) is 36.3 Å². The molecule has 0 spiro atoms. The molecule has 138 valence electrons. The molecule has 0 saturated heterocycles. The Labute approximate surface area is 158 Å². The van der Waals surface area contributed by atoms with E-state index in [4.69, 9.17) is 0 Å². The van der Waals surface area contributed by atoms with Gasteiger partial charge in [-0.05, 0) is 51.4 Å². The van der Waals surface area contributed by atoms with Gasteiger partial charge in [-0.2, -0.15) is 0 Å². The molecular weight excluding hydrogens is 345 g/mol. The third kappa shape index (κ3) is 6.60. The van der Waals surface area contributed by atoms with E-state index in [9.17, 15) is 4.79 Å². The number of halogens is 2. The van der Waals surface area contributed by atoms with Gasteiger partial charge in [-0.25, -0.2) is 0 Å². The predicted octanol–water partition coefficient (Wildman–Crippen LogP) is 2.78. The van der Waals surface area contributed by atoms with E-state index >= 15 is 0 Å². The van der Waals surface area contributed by atoms with Gasteiger partial charge in [0.1, 0.15) is 0 Å². The highest BCUT2D eigenvalue weighted by molar-refractivity contribution is 5.85. The largest absolute Gasteiger partial charge is 0.354 e. The van der Waals surface area contributed by atoms with Crippen molar-refractivity contribution in [2.24, 2.45) is 0 Å². The fourth-order valence-electron chi connectivity index (χ4n) is 2.95. The number of nitrogens with one attached hydrogen (secondary N) is 2. The summed E-state index contributed by atoms with van der Waals surface area (Å²) in [5.74, 6) is 0.153. The minimum Gasteiger partial charge on any atom is -0.354 e. The van der Waals surface area contributed by atoms with Gasteiger partial charge in [-0.3, -0.25) is 9.69 Å². The number of rotatable bonds is 7. The topological polar surface area (TPSA) is 44.4 Å². The number of amides is 1. The first-order valence-corrected chi connectivity index (χ1v) is 8.26. The maximum atomic E-state index is 11.9. The van der Waals surface area contributed by atoms with Gasteiger partial charge < -0.3 is 10.6 Å². The fraction of sp³-hybridized carbons (Fsp3) is 0.611. The van der Waals surface area contributed by atoms with Crippen LogP contribution < -0.4 is 10.6 Å². The van der Waals surface area contributed by atoms with Crippen LogP contribution in [0, 0.1) is 0 Å². The Morgan fingerprint density at radius 1 is 1.21 bits per heavy atom. The highest BCUT2D eigenvalue weighted by Gasteiger charge is 2.29. The van der Waals surface area contributed by atoms with Crippen LogP contribution in [-0.2, 0) is 17.8 Å². The van der Waals surface area contributed by atoms with Gasteiger partial charge in [0, 0.05) is 31.6 Å². The summed E-state index contributed by atoms with van der Waals surface area (Å²) >= 11 is 0. The van der Waals surface area contributed by atoms with Crippen molar-refractivity contribution in [2.75, 3.05) is 26.7 Å². The summed E-state index contributed by atoms with van der Waals surface area (Å²) in [6.07, 6.45) is 2.58. The smallest absolute Gasteiger partial charge is 0.220 e. The molecule has 1 aliphatic heterocycles. The van der Waals surface area contributed by atoms with Gasteiger partial charge in [-0.15, -0.1) is 24.8 Å². The van der Waals surface area contributed by atoms with Gasteiger partial charge in [-0.1, -0.05) is 24.3 Å². The van der Waals surface area contributed by atoms with E-state index in [1.54, 1.807) is 0 Å². The van der Waals surface area contributed by atoms with Crippen molar-refractivity contribution >= 4 is 30.7 Å². The number of carbonyl (C=O) groups excluding carboxylic acids is 1. The average Bonchev–Trinajstić information content (AvgIpc) is 2.53. The van der Waals surface area contributed by atoms with E-state index in [0.717, 1.165) is 32.5 Å². The lowest BCUT2D eigenvalue weighted by molar-refractivity contribution is -0.121. The summed E-state index contributed by atoms with van der Waals surface area (Å²) < 4.78 is 0. The second-order valence-electron chi connectivity index (χ2n) is 6.74. The van der Waals surface area contributed by atoms with Crippen LogP contribution in [0.1, 0.15) is 37.8 Å². The number of hydrogen-bond acceptors (Lipinski definition) is 3. The van der Waals surface area contributed by atoms with Crippen molar-refractivity contribution in [1.82, 2.24) is 15.5 Å². The Hall–Kier alpha value is -0.810. The van der Waals surface area contributed by atoms with Crippen molar-refractivity contribution in [1.29, 1.82) is 0 Å². The first kappa shape index (κ1) is 23.2. The van der Waals surface area contributed by atoms with Crippen LogP contribution in [0.15, 0.2) is 24.3 Å². The van der Waals surface area contributed by atoms with Crippen molar-refractivity contribution in [2.45, 2.75) is 45.2 Å². The molecule has 2 N–H and O–H groups in total. The molecule has 6 heteroatoms. The molecule has 1 heterocycles. The van der Waals surface area contributed by atoms with Crippen LogP contribution in [0.5, 0.6) is 0 Å². The summed E-state index contributed by atoms with van der Waals surface area (Å²) in [4.78, 5) is 14.4. The van der Waals surface area contributed by atoms with Crippen LogP contribution in [0.4, 0.5) is 0 Å². The molecule has 1 aromatic rings. The zero-order valence-electron chi connectivity index (χ0n) is 14.9. The molecule has 0 aromatic heterocycles. The normalized spacial score (nSPS) is 14.1. The van der Waals surface area contributed by atoms with E-state index in [1.165, 1.54) is 11.1 Å². The van der Waals surface area contributed by atoms with Crippen molar-refractivity contribution in [3.8, 4) is 0 Å². The van der Waals surface area contributed by atoms with E-state index in [0.29, 0.717) is 13.0 Å². The molecular formula is C18H31Cl2N3O. The Morgan fingerprint density at radius 2 is 1.88 bits per heavy atom. The highest BCUT2D eigenvalue weighted by atomic mass is 35.5. The maximum absolute atomic E-state index is 11.9. The number of carbonyl (C=O) groups is 1. The zero-order chi connectivity index (χ0) is 16.0. The summed E-state index contributed by atoms with van der Waals surface area (Å²) in [7, 11) is 1.91. The maximum Gasteiger partial charge on any atom is 0.220 e. The molecule has 0 atom stereocenters. The summed E-state index contributed by atoms with van der Waals surface area (Å²) in [6, 6.07) is 8.67. The Balaban J connectivity index is 0.00000264. The van der Waals surface area contributed by atoms with E-state index < -0.39 is 0 Å². The van der Waals surface area contributed by atoms with E-state index in [1.807, 2.05) is 7.05 Å². The fourth-order valence-corrected chi connectivity index (χ4v) is 2.95.